The second-order valence-electron chi connectivity index (χ2n) is 12.6. The van der Waals surface area contributed by atoms with Crippen molar-refractivity contribution in [3.05, 3.63) is 106 Å². The summed E-state index contributed by atoms with van der Waals surface area (Å²) in [5.74, 6) is -0.507. The second kappa shape index (κ2) is 12.9. The maximum Gasteiger partial charge on any atom is 0.261 e. The summed E-state index contributed by atoms with van der Waals surface area (Å²) in [5.41, 5.74) is 4.66. The summed E-state index contributed by atoms with van der Waals surface area (Å²) in [5, 5.41) is 9.54. The summed E-state index contributed by atoms with van der Waals surface area (Å²) in [4.78, 5) is 32.3. The predicted octanol–water partition coefficient (Wildman–Crippen LogP) is 5.08. The van der Waals surface area contributed by atoms with E-state index in [0.29, 0.717) is 17.2 Å². The summed E-state index contributed by atoms with van der Waals surface area (Å²) in [6.07, 6.45) is 5.19. The standard InChI is InChI=1S/C36H41N3O5/c40-24-26-11-13-27(14-12-26)33-20-30(23-38-19-5-6-29(38)22-37-17-3-4-18-37)43-36(44-33)28-15-9-25(10-16-28)21-39-34(41)31-7-1-2-8-32(31)35(39)42/h1-2,7-16,29-30,33,36,40H,3-6,17-24H2/t29-,30+,33-,36-/m0/s1. The number of aliphatic hydroxyl groups is 1. The van der Waals surface area contributed by atoms with Gasteiger partial charge in [-0.15, -0.1) is 0 Å². The molecule has 44 heavy (non-hydrogen) atoms. The van der Waals surface area contributed by atoms with Crippen LogP contribution in [0.25, 0.3) is 0 Å². The van der Waals surface area contributed by atoms with Crippen molar-refractivity contribution in [2.75, 3.05) is 32.7 Å². The summed E-state index contributed by atoms with van der Waals surface area (Å²) in [7, 11) is 0. The average Bonchev–Trinajstić information content (AvgIpc) is 3.80. The highest BCUT2D eigenvalue weighted by Gasteiger charge is 2.37. The Morgan fingerprint density at radius 3 is 2.07 bits per heavy atom. The van der Waals surface area contributed by atoms with Crippen LogP contribution in [0.1, 0.15) is 87.5 Å². The number of ether oxygens (including phenoxy) is 2. The van der Waals surface area contributed by atoms with Crippen molar-refractivity contribution >= 4 is 11.8 Å². The fourth-order valence-corrected chi connectivity index (χ4v) is 7.25. The van der Waals surface area contributed by atoms with E-state index in [9.17, 15) is 14.7 Å². The number of benzene rings is 3. The first kappa shape index (κ1) is 29.3. The molecule has 3 fully saturated rings. The summed E-state index contributed by atoms with van der Waals surface area (Å²) in [6.45, 7) is 5.79. The van der Waals surface area contributed by atoms with Gasteiger partial charge >= 0.3 is 0 Å². The number of carbonyl (C=O) groups excluding carboxylic acids is 2. The van der Waals surface area contributed by atoms with Crippen LogP contribution in [0.3, 0.4) is 0 Å². The number of nitrogens with zero attached hydrogens (tertiary/aromatic N) is 3. The Balaban J connectivity index is 1.07. The predicted molar refractivity (Wildman–Crippen MR) is 166 cm³/mol. The number of fused-ring (bicyclic) bond motifs is 1. The Bertz CT molecular complexity index is 1430. The van der Waals surface area contributed by atoms with Gasteiger partial charge in [0, 0.05) is 31.1 Å². The van der Waals surface area contributed by atoms with Gasteiger partial charge in [0.2, 0.25) is 0 Å². The van der Waals surface area contributed by atoms with Crippen molar-refractivity contribution in [3.63, 3.8) is 0 Å². The monoisotopic (exact) mass is 595 g/mol. The van der Waals surface area contributed by atoms with E-state index in [1.165, 1.54) is 43.7 Å². The third kappa shape index (κ3) is 6.10. The number of carbonyl (C=O) groups is 2. The van der Waals surface area contributed by atoms with E-state index in [2.05, 4.69) is 9.80 Å². The van der Waals surface area contributed by atoms with Crippen LogP contribution < -0.4 is 0 Å². The molecule has 3 saturated heterocycles. The lowest BCUT2D eigenvalue weighted by Gasteiger charge is -2.39. The van der Waals surface area contributed by atoms with Crippen LogP contribution in [-0.2, 0) is 22.6 Å². The Morgan fingerprint density at radius 2 is 1.39 bits per heavy atom. The molecule has 1 N–H and O–H groups in total. The lowest BCUT2D eigenvalue weighted by Crippen LogP contribution is -2.45. The summed E-state index contributed by atoms with van der Waals surface area (Å²) in [6, 6.07) is 23.4. The minimum Gasteiger partial charge on any atom is -0.392 e. The molecule has 4 heterocycles. The van der Waals surface area contributed by atoms with Crippen molar-refractivity contribution in [1.82, 2.24) is 14.7 Å². The topological polar surface area (TPSA) is 82.6 Å². The molecule has 4 aliphatic rings. The Morgan fingerprint density at radius 1 is 0.727 bits per heavy atom. The van der Waals surface area contributed by atoms with E-state index in [1.54, 1.807) is 24.3 Å². The number of imide groups is 1. The number of hydrogen-bond acceptors (Lipinski definition) is 7. The van der Waals surface area contributed by atoms with E-state index in [0.717, 1.165) is 48.3 Å². The zero-order valence-corrected chi connectivity index (χ0v) is 25.1. The second-order valence-corrected chi connectivity index (χ2v) is 12.6. The van der Waals surface area contributed by atoms with Crippen LogP contribution >= 0.6 is 0 Å². The molecule has 0 aliphatic carbocycles. The van der Waals surface area contributed by atoms with Crippen LogP contribution in [0.2, 0.25) is 0 Å². The highest BCUT2D eigenvalue weighted by molar-refractivity contribution is 6.21. The molecular formula is C36H41N3O5. The molecule has 0 unspecified atom stereocenters. The summed E-state index contributed by atoms with van der Waals surface area (Å²) >= 11 is 0. The molecule has 4 atom stereocenters. The van der Waals surface area contributed by atoms with Gasteiger partial charge in [0.25, 0.3) is 11.8 Å². The van der Waals surface area contributed by atoms with E-state index in [-0.39, 0.29) is 37.2 Å². The molecule has 0 bridgehead atoms. The minimum absolute atomic E-state index is 0.00784. The van der Waals surface area contributed by atoms with E-state index in [1.807, 2.05) is 48.5 Å². The van der Waals surface area contributed by atoms with Crippen molar-refractivity contribution in [2.45, 2.75) is 69.8 Å². The Kier molecular flexibility index (Phi) is 8.60. The zero-order chi connectivity index (χ0) is 30.0. The maximum absolute atomic E-state index is 12.9. The van der Waals surface area contributed by atoms with Gasteiger partial charge in [-0.05, 0) is 74.1 Å². The van der Waals surface area contributed by atoms with Crippen molar-refractivity contribution in [2.24, 2.45) is 0 Å². The number of rotatable bonds is 9. The van der Waals surface area contributed by atoms with Gasteiger partial charge in [-0.25, -0.2) is 0 Å². The highest BCUT2D eigenvalue weighted by atomic mass is 16.7. The highest BCUT2D eigenvalue weighted by Crippen LogP contribution is 2.39. The van der Waals surface area contributed by atoms with Crippen LogP contribution in [-0.4, -0.2) is 76.5 Å². The normalized spacial score (nSPS) is 26.1. The van der Waals surface area contributed by atoms with Crippen molar-refractivity contribution < 1.29 is 24.2 Å². The van der Waals surface area contributed by atoms with Crippen LogP contribution in [0, 0.1) is 0 Å². The van der Waals surface area contributed by atoms with Gasteiger partial charge in [0.15, 0.2) is 6.29 Å². The molecule has 0 radical (unpaired) electrons. The quantitative estimate of drug-likeness (QED) is 0.346. The number of amides is 2. The van der Waals surface area contributed by atoms with E-state index < -0.39 is 6.29 Å². The molecule has 230 valence electrons. The molecule has 0 saturated carbocycles. The molecule has 7 rings (SSSR count). The fraction of sp³-hybridized carbons (Fsp3) is 0.444. The van der Waals surface area contributed by atoms with E-state index >= 15 is 0 Å². The van der Waals surface area contributed by atoms with Crippen molar-refractivity contribution in [1.29, 1.82) is 0 Å². The minimum atomic E-state index is -0.538. The first-order chi connectivity index (χ1) is 21.6. The van der Waals surface area contributed by atoms with Gasteiger partial charge in [0.05, 0.1) is 36.5 Å². The van der Waals surface area contributed by atoms with Crippen LogP contribution in [0.4, 0.5) is 0 Å². The average molecular weight is 596 g/mol. The smallest absolute Gasteiger partial charge is 0.261 e. The van der Waals surface area contributed by atoms with Crippen LogP contribution in [0.15, 0.2) is 72.8 Å². The van der Waals surface area contributed by atoms with Crippen molar-refractivity contribution in [3.8, 4) is 0 Å². The maximum atomic E-state index is 12.9. The third-order valence-corrected chi connectivity index (χ3v) is 9.69. The van der Waals surface area contributed by atoms with Gasteiger partial charge in [0.1, 0.15) is 0 Å². The lowest BCUT2D eigenvalue weighted by molar-refractivity contribution is -0.253. The van der Waals surface area contributed by atoms with Gasteiger partial charge in [-0.2, -0.15) is 0 Å². The third-order valence-electron chi connectivity index (χ3n) is 9.69. The molecule has 3 aromatic carbocycles. The molecule has 2 amide bonds. The Hall–Kier alpha value is -3.40. The molecule has 4 aliphatic heterocycles. The number of likely N-dealkylation sites (tertiary alicyclic amines) is 2. The van der Waals surface area contributed by atoms with Crippen LogP contribution in [0.5, 0.6) is 0 Å². The fourth-order valence-electron chi connectivity index (χ4n) is 7.25. The summed E-state index contributed by atoms with van der Waals surface area (Å²) < 4.78 is 13.2. The molecule has 0 spiro atoms. The number of aliphatic hydroxyl groups excluding tert-OH is 1. The molecule has 3 aromatic rings. The Labute approximate surface area is 259 Å². The number of hydrogen-bond donors (Lipinski definition) is 1. The SMILES string of the molecule is O=C1c2ccccc2C(=O)N1Cc1ccc([C@H]2O[C@@H](CN3CCC[C@H]3CN3CCCC3)C[C@@H](c3ccc(CO)cc3)O2)cc1. The first-order valence-corrected chi connectivity index (χ1v) is 16.1. The molecular weight excluding hydrogens is 554 g/mol. The first-order valence-electron chi connectivity index (χ1n) is 16.1. The molecule has 8 nitrogen and oxygen atoms in total. The van der Waals surface area contributed by atoms with Gasteiger partial charge in [-0.3, -0.25) is 19.4 Å². The van der Waals surface area contributed by atoms with Gasteiger partial charge in [-0.1, -0.05) is 60.7 Å². The molecule has 8 heteroatoms. The largest absolute Gasteiger partial charge is 0.392 e. The zero-order valence-electron chi connectivity index (χ0n) is 25.1. The molecule has 0 aromatic heterocycles. The lowest BCUT2D eigenvalue weighted by atomic mass is 9.99. The van der Waals surface area contributed by atoms with Gasteiger partial charge < -0.3 is 19.5 Å². The van der Waals surface area contributed by atoms with E-state index in [4.69, 9.17) is 9.47 Å².